The van der Waals surface area contributed by atoms with Gasteiger partial charge in [0.1, 0.15) is 0 Å². The number of benzene rings is 1. The fourth-order valence-electron chi connectivity index (χ4n) is 6.18. The maximum absolute atomic E-state index is 12.4. The topological polar surface area (TPSA) is 101 Å². The number of nitrogens with one attached hydrogen (secondary N) is 2. The first-order valence-corrected chi connectivity index (χ1v) is 10.2. The molecule has 2 N–H and O–H groups in total. The Morgan fingerprint density at radius 1 is 1.18 bits per heavy atom. The summed E-state index contributed by atoms with van der Waals surface area (Å²) in [5.41, 5.74) is 0.248. The van der Waals surface area contributed by atoms with E-state index in [2.05, 4.69) is 17.6 Å². The Balaban J connectivity index is 1.32. The lowest BCUT2D eigenvalue weighted by Crippen LogP contribution is -2.56. The number of nitrogens with zero attached hydrogens (tertiary/aromatic N) is 1. The van der Waals surface area contributed by atoms with Crippen LogP contribution >= 0.6 is 0 Å². The zero-order valence-electron chi connectivity index (χ0n) is 16.1. The fourth-order valence-corrected chi connectivity index (χ4v) is 6.18. The third kappa shape index (κ3) is 3.62. The zero-order chi connectivity index (χ0) is 19.9. The minimum absolute atomic E-state index is 0.100. The molecule has 0 spiro atoms. The summed E-state index contributed by atoms with van der Waals surface area (Å²) in [4.78, 5) is 34.9. The van der Waals surface area contributed by atoms with Gasteiger partial charge in [-0.3, -0.25) is 19.7 Å². The molecule has 2 amide bonds. The van der Waals surface area contributed by atoms with Crippen LogP contribution in [0, 0.1) is 33.3 Å². The molecule has 1 aromatic carbocycles. The van der Waals surface area contributed by atoms with Crippen LogP contribution in [0.2, 0.25) is 0 Å². The Labute approximate surface area is 164 Å². The van der Waals surface area contributed by atoms with Gasteiger partial charge < -0.3 is 10.6 Å². The van der Waals surface area contributed by atoms with Gasteiger partial charge in [-0.2, -0.15) is 0 Å². The van der Waals surface area contributed by atoms with Gasteiger partial charge in [-0.25, -0.2) is 0 Å². The van der Waals surface area contributed by atoms with Crippen LogP contribution in [0.15, 0.2) is 24.3 Å². The number of nitro benzene ring substituents is 1. The molecule has 4 bridgehead atoms. The summed E-state index contributed by atoms with van der Waals surface area (Å²) in [7, 11) is 0. The minimum atomic E-state index is -0.545. The van der Waals surface area contributed by atoms with Crippen LogP contribution in [0.1, 0.15) is 55.8 Å². The van der Waals surface area contributed by atoms with Gasteiger partial charge in [-0.1, -0.05) is 6.07 Å². The molecule has 0 radical (unpaired) electrons. The molecule has 4 saturated carbocycles. The summed E-state index contributed by atoms with van der Waals surface area (Å²) in [6, 6.07) is 5.60. The molecular formula is C21H27N3O4. The second-order valence-electron chi connectivity index (χ2n) is 9.06. The lowest BCUT2D eigenvalue weighted by atomic mass is 9.48. The Bertz CT molecular complexity index is 771. The highest BCUT2D eigenvalue weighted by molar-refractivity contribution is 5.96. The molecule has 1 aromatic rings. The maximum atomic E-state index is 12.4. The van der Waals surface area contributed by atoms with E-state index >= 15 is 0 Å². The van der Waals surface area contributed by atoms with Gasteiger partial charge in [0.15, 0.2) is 0 Å². The first-order chi connectivity index (χ1) is 13.3. The predicted molar refractivity (Wildman–Crippen MR) is 104 cm³/mol. The molecule has 5 rings (SSSR count). The van der Waals surface area contributed by atoms with Crippen LogP contribution < -0.4 is 10.6 Å². The van der Waals surface area contributed by atoms with Gasteiger partial charge in [-0.05, 0) is 74.7 Å². The molecule has 7 nitrogen and oxygen atoms in total. The van der Waals surface area contributed by atoms with Crippen molar-refractivity contribution in [2.45, 2.75) is 51.5 Å². The highest BCUT2D eigenvalue weighted by atomic mass is 16.6. The van der Waals surface area contributed by atoms with E-state index in [-0.39, 0.29) is 35.2 Å². The minimum Gasteiger partial charge on any atom is -0.352 e. The number of carbonyl (C=O) groups excluding carboxylic acids is 2. The normalized spacial score (nSPS) is 31.2. The molecule has 4 aliphatic carbocycles. The zero-order valence-corrected chi connectivity index (χ0v) is 16.1. The number of amides is 2. The molecule has 0 aromatic heterocycles. The second-order valence-corrected chi connectivity index (χ2v) is 9.06. The summed E-state index contributed by atoms with van der Waals surface area (Å²) in [6.07, 6.45) is 7.71. The third-order valence-electron chi connectivity index (χ3n) is 7.11. The quantitative estimate of drug-likeness (QED) is 0.580. The summed E-state index contributed by atoms with van der Waals surface area (Å²) < 4.78 is 0. The van der Waals surface area contributed by atoms with Gasteiger partial charge in [0.25, 0.3) is 11.6 Å². The van der Waals surface area contributed by atoms with Gasteiger partial charge >= 0.3 is 0 Å². The number of rotatable bonds is 6. The van der Waals surface area contributed by atoms with E-state index in [0.29, 0.717) is 0 Å². The average Bonchev–Trinajstić information content (AvgIpc) is 2.65. The predicted octanol–water partition coefficient (Wildman–Crippen LogP) is 3.05. The van der Waals surface area contributed by atoms with Crippen LogP contribution in [-0.4, -0.2) is 29.3 Å². The lowest BCUT2D eigenvalue weighted by molar-refractivity contribution is -0.384. The Kier molecular flexibility index (Phi) is 4.85. The number of carbonyl (C=O) groups is 2. The van der Waals surface area contributed by atoms with Crippen molar-refractivity contribution in [1.29, 1.82) is 0 Å². The maximum Gasteiger partial charge on any atom is 0.270 e. The smallest absolute Gasteiger partial charge is 0.270 e. The standard InChI is InChI=1S/C21H27N3O4/c1-13(21-9-14-5-15(10-21)7-16(6-14)11-21)23-19(25)12-22-20(26)17-3-2-4-18(8-17)24(27)28/h2-4,8,13-16H,5-7,9-12H2,1H3,(H,22,26)(H,23,25). The SMILES string of the molecule is CC(NC(=O)CNC(=O)c1cccc([N+](=O)[O-])c1)C12CC3CC(CC(C3)C1)C2. The highest BCUT2D eigenvalue weighted by Crippen LogP contribution is 2.61. The van der Waals surface area contributed by atoms with Crippen LogP contribution in [-0.2, 0) is 4.79 Å². The molecule has 1 unspecified atom stereocenters. The van der Waals surface area contributed by atoms with Crippen molar-refractivity contribution in [3.05, 3.63) is 39.9 Å². The van der Waals surface area contributed by atoms with Gasteiger partial charge in [-0.15, -0.1) is 0 Å². The molecular weight excluding hydrogens is 358 g/mol. The van der Waals surface area contributed by atoms with Crippen molar-refractivity contribution in [3.63, 3.8) is 0 Å². The number of nitro groups is 1. The number of non-ortho nitro benzene ring substituents is 1. The van der Waals surface area contributed by atoms with Crippen molar-refractivity contribution >= 4 is 17.5 Å². The second kappa shape index (κ2) is 7.18. The van der Waals surface area contributed by atoms with Crippen molar-refractivity contribution in [2.24, 2.45) is 23.2 Å². The van der Waals surface area contributed by atoms with Crippen LogP contribution in [0.3, 0.4) is 0 Å². The lowest BCUT2D eigenvalue weighted by Gasteiger charge is -2.59. The molecule has 7 heteroatoms. The van der Waals surface area contributed by atoms with E-state index in [4.69, 9.17) is 0 Å². The van der Waals surface area contributed by atoms with Crippen molar-refractivity contribution in [3.8, 4) is 0 Å². The van der Waals surface area contributed by atoms with E-state index in [1.165, 1.54) is 62.8 Å². The average molecular weight is 385 g/mol. The molecule has 1 atom stereocenters. The summed E-state index contributed by atoms with van der Waals surface area (Å²) in [5.74, 6) is 1.76. The van der Waals surface area contributed by atoms with E-state index < -0.39 is 10.8 Å². The molecule has 28 heavy (non-hydrogen) atoms. The van der Waals surface area contributed by atoms with Crippen LogP contribution in [0.4, 0.5) is 5.69 Å². The molecule has 0 heterocycles. The van der Waals surface area contributed by atoms with Gasteiger partial charge in [0.2, 0.25) is 5.91 Å². The number of hydrogen-bond donors (Lipinski definition) is 2. The monoisotopic (exact) mass is 385 g/mol. The largest absolute Gasteiger partial charge is 0.352 e. The van der Waals surface area contributed by atoms with Gasteiger partial charge in [0, 0.05) is 23.7 Å². The van der Waals surface area contributed by atoms with E-state index in [1.807, 2.05) is 0 Å². The highest BCUT2D eigenvalue weighted by Gasteiger charge is 2.53. The Morgan fingerprint density at radius 3 is 2.36 bits per heavy atom. The van der Waals surface area contributed by atoms with E-state index in [0.717, 1.165) is 17.8 Å². The van der Waals surface area contributed by atoms with E-state index in [9.17, 15) is 19.7 Å². The summed E-state index contributed by atoms with van der Waals surface area (Å²) >= 11 is 0. The Morgan fingerprint density at radius 2 is 1.79 bits per heavy atom. The Hall–Kier alpha value is -2.44. The molecule has 150 valence electrons. The number of hydrogen-bond acceptors (Lipinski definition) is 4. The van der Waals surface area contributed by atoms with Crippen molar-refractivity contribution in [2.75, 3.05) is 6.54 Å². The molecule has 4 aliphatic rings. The molecule has 4 fully saturated rings. The van der Waals surface area contributed by atoms with Crippen molar-refractivity contribution < 1.29 is 14.5 Å². The first-order valence-electron chi connectivity index (χ1n) is 10.2. The summed E-state index contributed by atoms with van der Waals surface area (Å²) in [6.45, 7) is 1.98. The first kappa shape index (κ1) is 18.9. The molecule has 0 saturated heterocycles. The molecule has 0 aliphatic heterocycles. The van der Waals surface area contributed by atoms with Gasteiger partial charge in [0.05, 0.1) is 11.5 Å². The fraction of sp³-hybridized carbons (Fsp3) is 0.619. The van der Waals surface area contributed by atoms with Crippen LogP contribution in [0.25, 0.3) is 0 Å². The summed E-state index contributed by atoms with van der Waals surface area (Å²) in [5, 5.41) is 16.5. The van der Waals surface area contributed by atoms with Crippen molar-refractivity contribution in [1.82, 2.24) is 10.6 Å². The van der Waals surface area contributed by atoms with E-state index in [1.54, 1.807) is 0 Å². The van der Waals surface area contributed by atoms with Crippen LogP contribution in [0.5, 0.6) is 0 Å². The third-order valence-corrected chi connectivity index (χ3v) is 7.11.